The fourth-order valence-corrected chi connectivity index (χ4v) is 4.60. The molecule has 1 aliphatic rings. The van der Waals surface area contributed by atoms with Crippen molar-refractivity contribution >= 4 is 21.7 Å². The van der Waals surface area contributed by atoms with Crippen LogP contribution in [0.1, 0.15) is 24.0 Å². The molecule has 0 aliphatic carbocycles. The van der Waals surface area contributed by atoms with Crippen molar-refractivity contribution in [2.45, 2.75) is 26.0 Å². The molecular formula is C27H30N2O5S. The smallest absolute Gasteiger partial charge is 0.309 e. The van der Waals surface area contributed by atoms with Gasteiger partial charge in [0.05, 0.1) is 12.2 Å². The van der Waals surface area contributed by atoms with Crippen molar-refractivity contribution in [2.75, 3.05) is 24.1 Å². The summed E-state index contributed by atoms with van der Waals surface area (Å²) in [5, 5.41) is 0. The number of piperidine rings is 1. The van der Waals surface area contributed by atoms with Crippen LogP contribution in [0.25, 0.3) is 0 Å². The van der Waals surface area contributed by atoms with E-state index in [0.29, 0.717) is 23.8 Å². The lowest BCUT2D eigenvalue weighted by atomic mass is 9.96. The second-order valence-electron chi connectivity index (χ2n) is 8.79. The van der Waals surface area contributed by atoms with Crippen molar-refractivity contribution < 1.29 is 22.7 Å². The van der Waals surface area contributed by atoms with E-state index >= 15 is 0 Å². The van der Waals surface area contributed by atoms with Crippen LogP contribution >= 0.6 is 0 Å². The van der Waals surface area contributed by atoms with E-state index < -0.39 is 10.0 Å². The number of nitrogens with one attached hydrogen (secondary N) is 1. The third-order valence-corrected chi connectivity index (χ3v) is 6.47. The largest absolute Gasteiger partial charge is 0.461 e. The molecule has 8 heteroatoms. The maximum Gasteiger partial charge on any atom is 0.309 e. The van der Waals surface area contributed by atoms with E-state index in [9.17, 15) is 13.2 Å². The lowest BCUT2D eigenvalue weighted by Crippen LogP contribution is -2.36. The first-order valence-corrected chi connectivity index (χ1v) is 13.5. The van der Waals surface area contributed by atoms with E-state index in [2.05, 4.69) is 9.62 Å². The molecule has 0 unspecified atom stereocenters. The summed E-state index contributed by atoms with van der Waals surface area (Å²) in [4.78, 5) is 14.8. The molecule has 4 rings (SSSR count). The average molecular weight is 495 g/mol. The Kier molecular flexibility index (Phi) is 8.05. The monoisotopic (exact) mass is 494 g/mol. The molecule has 0 amide bonds. The number of hydrogen-bond donors (Lipinski definition) is 1. The summed E-state index contributed by atoms with van der Waals surface area (Å²) in [6, 6.07) is 24.4. The highest BCUT2D eigenvalue weighted by molar-refractivity contribution is 7.92. The molecule has 1 N–H and O–H groups in total. The average Bonchev–Trinajstić information content (AvgIpc) is 2.85. The van der Waals surface area contributed by atoms with Gasteiger partial charge < -0.3 is 9.47 Å². The van der Waals surface area contributed by atoms with Gasteiger partial charge in [0.15, 0.2) is 0 Å². The van der Waals surface area contributed by atoms with Gasteiger partial charge in [-0.25, -0.2) is 8.42 Å². The number of carbonyl (C=O) groups excluding carboxylic acids is 1. The summed E-state index contributed by atoms with van der Waals surface area (Å²) >= 11 is 0. The van der Waals surface area contributed by atoms with E-state index in [0.717, 1.165) is 44.3 Å². The van der Waals surface area contributed by atoms with Gasteiger partial charge in [0, 0.05) is 12.2 Å². The van der Waals surface area contributed by atoms with Gasteiger partial charge in [-0.3, -0.25) is 14.4 Å². The zero-order valence-corrected chi connectivity index (χ0v) is 20.5. The molecule has 1 fully saturated rings. The van der Waals surface area contributed by atoms with Crippen molar-refractivity contribution in [3.05, 3.63) is 90.0 Å². The highest BCUT2D eigenvalue weighted by atomic mass is 32.2. The number of nitrogens with zero attached hydrogens (tertiary/aromatic N) is 1. The van der Waals surface area contributed by atoms with Crippen molar-refractivity contribution in [2.24, 2.45) is 5.92 Å². The third-order valence-electron chi connectivity index (χ3n) is 5.87. The third kappa shape index (κ3) is 7.83. The quantitative estimate of drug-likeness (QED) is 0.430. The van der Waals surface area contributed by atoms with Gasteiger partial charge in [-0.1, -0.05) is 42.5 Å². The van der Waals surface area contributed by atoms with Crippen LogP contribution in [0, 0.1) is 5.92 Å². The topological polar surface area (TPSA) is 84.9 Å². The summed E-state index contributed by atoms with van der Waals surface area (Å²) in [6.45, 7) is 2.86. The Morgan fingerprint density at radius 2 is 1.49 bits per heavy atom. The van der Waals surface area contributed by atoms with Crippen LogP contribution in [0.3, 0.4) is 0 Å². The van der Waals surface area contributed by atoms with Crippen LogP contribution in [0.15, 0.2) is 78.9 Å². The molecule has 3 aromatic carbocycles. The Bertz CT molecular complexity index is 1200. The number of carbonyl (C=O) groups is 1. The summed E-state index contributed by atoms with van der Waals surface area (Å²) in [7, 11) is -3.30. The number of hydrogen-bond acceptors (Lipinski definition) is 6. The molecule has 1 aliphatic heterocycles. The minimum absolute atomic E-state index is 0.0373. The van der Waals surface area contributed by atoms with Crippen molar-refractivity contribution in [1.29, 1.82) is 0 Å². The minimum Gasteiger partial charge on any atom is -0.461 e. The number of rotatable bonds is 9. The second-order valence-corrected chi connectivity index (χ2v) is 10.5. The molecule has 184 valence electrons. The van der Waals surface area contributed by atoms with Gasteiger partial charge in [0.2, 0.25) is 10.0 Å². The molecule has 1 heterocycles. The number of likely N-dealkylation sites (tertiary alicyclic amines) is 1. The first-order valence-electron chi connectivity index (χ1n) is 11.6. The van der Waals surface area contributed by atoms with E-state index in [1.165, 1.54) is 5.56 Å². The predicted octanol–water partition coefficient (Wildman–Crippen LogP) is 4.81. The van der Waals surface area contributed by atoms with E-state index in [-0.39, 0.29) is 11.9 Å². The summed E-state index contributed by atoms with van der Waals surface area (Å²) in [5.74, 6) is 1.19. The zero-order valence-electron chi connectivity index (χ0n) is 19.7. The van der Waals surface area contributed by atoms with Gasteiger partial charge in [0.1, 0.15) is 18.1 Å². The van der Waals surface area contributed by atoms with Crippen LogP contribution in [0.4, 0.5) is 5.69 Å². The van der Waals surface area contributed by atoms with E-state index in [1.54, 1.807) is 24.3 Å². The molecular weight excluding hydrogens is 464 g/mol. The maximum absolute atomic E-state index is 12.4. The number of ether oxygens (including phenoxy) is 2. The van der Waals surface area contributed by atoms with Crippen molar-refractivity contribution in [1.82, 2.24) is 4.90 Å². The molecule has 0 bridgehead atoms. The lowest BCUT2D eigenvalue weighted by molar-refractivity contribution is -0.151. The zero-order chi connectivity index (χ0) is 24.7. The van der Waals surface area contributed by atoms with E-state index in [4.69, 9.17) is 9.47 Å². The SMILES string of the molecule is CS(=O)(=O)Nc1ccc(Oc2ccc(CN3CCC(C(=O)OCc4ccccc4)CC3)cc2)cc1. The number of anilines is 1. The van der Waals surface area contributed by atoms with Gasteiger partial charge in [-0.15, -0.1) is 0 Å². The summed E-state index contributed by atoms with van der Waals surface area (Å²) in [5.41, 5.74) is 2.67. The predicted molar refractivity (Wildman–Crippen MR) is 136 cm³/mol. The molecule has 1 saturated heterocycles. The Balaban J connectivity index is 1.21. The normalized spacial score (nSPS) is 14.9. The van der Waals surface area contributed by atoms with Crippen molar-refractivity contribution in [3.63, 3.8) is 0 Å². The molecule has 0 aromatic heterocycles. The Morgan fingerprint density at radius 1 is 0.886 bits per heavy atom. The van der Waals surface area contributed by atoms with Gasteiger partial charge in [0.25, 0.3) is 0 Å². The molecule has 35 heavy (non-hydrogen) atoms. The number of sulfonamides is 1. The van der Waals surface area contributed by atoms with Gasteiger partial charge in [-0.2, -0.15) is 0 Å². The molecule has 0 saturated carbocycles. The Labute approximate surface area is 206 Å². The van der Waals surface area contributed by atoms with E-state index in [1.807, 2.05) is 54.6 Å². The van der Waals surface area contributed by atoms with Crippen LogP contribution in [0.2, 0.25) is 0 Å². The molecule has 0 atom stereocenters. The fourth-order valence-electron chi connectivity index (χ4n) is 4.04. The first kappa shape index (κ1) is 24.8. The van der Waals surface area contributed by atoms with Crippen LogP contribution in [-0.4, -0.2) is 38.6 Å². The van der Waals surface area contributed by atoms with Gasteiger partial charge in [-0.05, 0) is 73.5 Å². The Morgan fingerprint density at radius 3 is 2.09 bits per heavy atom. The Hall–Kier alpha value is -3.36. The number of benzene rings is 3. The van der Waals surface area contributed by atoms with Crippen LogP contribution < -0.4 is 9.46 Å². The standard InChI is InChI=1S/C27H30N2O5S/c1-35(31,32)28-24-9-13-26(14-10-24)34-25-11-7-21(8-12-25)19-29-17-15-23(16-18-29)27(30)33-20-22-5-3-2-4-6-22/h2-14,23,28H,15-20H2,1H3. The van der Waals surface area contributed by atoms with Crippen LogP contribution in [0.5, 0.6) is 11.5 Å². The fraction of sp³-hybridized carbons (Fsp3) is 0.296. The second kappa shape index (κ2) is 11.4. The lowest BCUT2D eigenvalue weighted by Gasteiger charge is -2.30. The van der Waals surface area contributed by atoms with Crippen LogP contribution in [-0.2, 0) is 32.7 Å². The number of esters is 1. The van der Waals surface area contributed by atoms with Crippen molar-refractivity contribution in [3.8, 4) is 11.5 Å². The van der Waals surface area contributed by atoms with Gasteiger partial charge >= 0.3 is 5.97 Å². The molecule has 0 spiro atoms. The molecule has 3 aromatic rings. The maximum atomic E-state index is 12.4. The highest BCUT2D eigenvalue weighted by Crippen LogP contribution is 2.25. The summed E-state index contributed by atoms with van der Waals surface area (Å²) in [6.07, 6.45) is 2.72. The molecule has 0 radical (unpaired) electrons. The molecule has 7 nitrogen and oxygen atoms in total. The minimum atomic E-state index is -3.30. The first-order chi connectivity index (χ1) is 16.8. The highest BCUT2D eigenvalue weighted by Gasteiger charge is 2.26. The summed E-state index contributed by atoms with van der Waals surface area (Å²) < 4.78 is 36.4.